The van der Waals surface area contributed by atoms with Crippen molar-refractivity contribution in [1.82, 2.24) is 14.5 Å². The molecule has 4 nitrogen and oxygen atoms in total. The number of aryl methyl sites for hydroxylation is 2. The number of furan rings is 1. The molecule has 0 saturated carbocycles. The smallest absolute Gasteiger partial charge is 0.0795 e. The third-order valence-corrected chi connectivity index (χ3v) is 11.3. The van der Waals surface area contributed by atoms with Gasteiger partial charge in [-0.05, 0) is 83.0 Å². The summed E-state index contributed by atoms with van der Waals surface area (Å²) in [7, 11) is -1.23. The zero-order valence-electron chi connectivity index (χ0n) is 34.2. The van der Waals surface area contributed by atoms with Gasteiger partial charge in [-0.1, -0.05) is 130 Å². The molecule has 0 unspecified atom stereocenters. The number of para-hydroxylation sites is 2. The van der Waals surface area contributed by atoms with E-state index in [2.05, 4.69) is 110 Å². The SMILES string of the molecule is C[Si](C)(C)c1ccc(-c2[c-]cccc2)nc1.[2H]C([2H])(c1ccc2o[c-]c(-c3nc4ccccc4n3-c3cc(C)c(-c4ccccc4)c(C)c3)c2c1)C(C)(C)C.[Ir]. The van der Waals surface area contributed by atoms with Crippen LogP contribution in [0.5, 0.6) is 0 Å². The fourth-order valence-electron chi connectivity index (χ4n) is 6.79. The Morgan fingerprint density at radius 2 is 1.52 bits per heavy atom. The molecule has 6 heteroatoms. The van der Waals surface area contributed by atoms with E-state index in [4.69, 9.17) is 12.1 Å². The van der Waals surface area contributed by atoms with E-state index < -0.39 is 19.9 Å². The maximum Gasteiger partial charge on any atom is 0.0795 e. The molecular weight excluding hydrogens is 855 g/mol. The van der Waals surface area contributed by atoms with Crippen LogP contribution in [-0.2, 0) is 26.5 Å². The first-order valence-corrected chi connectivity index (χ1v) is 21.7. The predicted molar refractivity (Wildman–Crippen MR) is 225 cm³/mol. The minimum absolute atomic E-state index is 0. The first-order valence-electron chi connectivity index (χ1n) is 19.2. The minimum atomic E-state index is -1.53. The second-order valence-electron chi connectivity index (χ2n) is 15.7. The van der Waals surface area contributed by atoms with Crippen molar-refractivity contribution in [3.05, 3.63) is 157 Å². The molecule has 8 aromatic rings. The molecule has 0 aliphatic rings. The predicted octanol–water partition coefficient (Wildman–Crippen LogP) is 12.2. The monoisotopic (exact) mass is 904 g/mol. The Balaban J connectivity index is 0.000000263. The second kappa shape index (κ2) is 15.8. The van der Waals surface area contributed by atoms with E-state index in [1.165, 1.54) is 27.4 Å². The summed E-state index contributed by atoms with van der Waals surface area (Å²) in [5.41, 5.74) is 11.1. The Bertz CT molecular complexity index is 2580. The Morgan fingerprint density at radius 3 is 2.17 bits per heavy atom. The summed E-state index contributed by atoms with van der Waals surface area (Å²) >= 11 is 0. The molecular formula is C48H47IrN3OSi-2. The van der Waals surface area contributed by atoms with Crippen LogP contribution in [-0.4, -0.2) is 22.6 Å². The fraction of sp³-hybridized carbons (Fsp3) is 0.208. The molecule has 0 saturated heterocycles. The summed E-state index contributed by atoms with van der Waals surface area (Å²) in [5.74, 6) is 0.717. The van der Waals surface area contributed by atoms with Gasteiger partial charge in [-0.25, -0.2) is 0 Å². The largest absolute Gasteiger partial charge is 0.557 e. The van der Waals surface area contributed by atoms with Crippen molar-refractivity contribution in [2.24, 2.45) is 5.41 Å². The molecule has 0 aliphatic carbocycles. The van der Waals surface area contributed by atoms with Crippen LogP contribution in [0.15, 0.2) is 132 Å². The average molecular weight is 904 g/mol. The summed E-state index contributed by atoms with van der Waals surface area (Å²) in [6, 6.07) is 44.0. The molecule has 5 aromatic carbocycles. The van der Waals surface area contributed by atoms with E-state index in [1.54, 1.807) is 0 Å². The number of fused-ring (bicyclic) bond motifs is 2. The molecule has 275 valence electrons. The number of pyridine rings is 1. The molecule has 0 bridgehead atoms. The van der Waals surface area contributed by atoms with E-state index in [0.29, 0.717) is 11.1 Å². The summed E-state index contributed by atoms with van der Waals surface area (Å²) in [6.45, 7) is 17.1. The maximum atomic E-state index is 8.83. The van der Waals surface area contributed by atoms with Crippen LogP contribution < -0.4 is 5.19 Å². The van der Waals surface area contributed by atoms with Crippen molar-refractivity contribution >= 4 is 35.3 Å². The van der Waals surface area contributed by atoms with Crippen molar-refractivity contribution in [1.29, 1.82) is 0 Å². The van der Waals surface area contributed by atoms with Gasteiger partial charge in [0.15, 0.2) is 0 Å². The Kier molecular flexibility index (Phi) is 10.6. The van der Waals surface area contributed by atoms with E-state index in [9.17, 15) is 0 Å². The van der Waals surface area contributed by atoms with Gasteiger partial charge in [0, 0.05) is 46.6 Å². The van der Waals surface area contributed by atoms with Crippen LogP contribution in [0.1, 0.15) is 40.2 Å². The number of aromatic nitrogens is 3. The molecule has 0 fully saturated rings. The maximum absolute atomic E-state index is 8.83. The van der Waals surface area contributed by atoms with E-state index >= 15 is 0 Å². The molecule has 3 aromatic heterocycles. The third kappa shape index (κ3) is 8.42. The van der Waals surface area contributed by atoms with Crippen LogP contribution in [0.25, 0.3) is 61.5 Å². The Morgan fingerprint density at radius 1 is 0.815 bits per heavy atom. The van der Waals surface area contributed by atoms with Gasteiger partial charge in [-0.15, -0.1) is 35.9 Å². The van der Waals surface area contributed by atoms with Gasteiger partial charge in [0.05, 0.1) is 24.9 Å². The number of rotatable bonds is 6. The van der Waals surface area contributed by atoms with Gasteiger partial charge in [0.1, 0.15) is 0 Å². The van der Waals surface area contributed by atoms with Crippen LogP contribution in [0, 0.1) is 31.6 Å². The molecule has 0 aliphatic heterocycles. The molecule has 1 radical (unpaired) electrons. The number of imidazole rings is 1. The van der Waals surface area contributed by atoms with Crippen molar-refractivity contribution in [3.63, 3.8) is 0 Å². The summed E-state index contributed by atoms with van der Waals surface area (Å²) in [4.78, 5) is 9.56. The first kappa shape index (κ1) is 36.1. The van der Waals surface area contributed by atoms with E-state index in [1.807, 2.05) is 93.7 Å². The molecule has 8 rings (SSSR count). The van der Waals surface area contributed by atoms with Gasteiger partial charge < -0.3 is 14.0 Å². The zero-order chi connectivity index (χ0) is 39.1. The van der Waals surface area contributed by atoms with Gasteiger partial charge in [0.25, 0.3) is 0 Å². The zero-order valence-corrected chi connectivity index (χ0v) is 35.6. The normalized spacial score (nSPS) is 12.4. The van der Waals surface area contributed by atoms with Crippen molar-refractivity contribution in [3.8, 4) is 39.5 Å². The summed E-state index contributed by atoms with van der Waals surface area (Å²) < 4.78 is 25.7. The average Bonchev–Trinajstić information content (AvgIpc) is 3.76. The summed E-state index contributed by atoms with van der Waals surface area (Å²) in [5, 5.41) is 2.19. The molecule has 0 spiro atoms. The number of hydrogen-bond donors (Lipinski definition) is 0. The fourth-order valence-corrected chi connectivity index (χ4v) is 7.82. The van der Waals surface area contributed by atoms with Crippen LogP contribution in [0.3, 0.4) is 0 Å². The summed E-state index contributed by atoms with van der Waals surface area (Å²) in [6.07, 6.45) is 3.59. The van der Waals surface area contributed by atoms with Gasteiger partial charge in [0.2, 0.25) is 0 Å². The number of benzene rings is 5. The Labute approximate surface area is 337 Å². The minimum Gasteiger partial charge on any atom is -0.557 e. The second-order valence-corrected chi connectivity index (χ2v) is 20.8. The third-order valence-electron chi connectivity index (χ3n) is 9.27. The molecule has 54 heavy (non-hydrogen) atoms. The van der Waals surface area contributed by atoms with Crippen LogP contribution in [0.2, 0.25) is 19.6 Å². The number of nitrogens with zero attached hydrogens (tertiary/aromatic N) is 3. The van der Waals surface area contributed by atoms with Crippen LogP contribution >= 0.6 is 0 Å². The van der Waals surface area contributed by atoms with Crippen molar-refractivity contribution in [2.75, 3.05) is 0 Å². The van der Waals surface area contributed by atoms with Gasteiger partial charge in [-0.2, -0.15) is 0 Å². The standard InChI is InChI=1S/C34H31N2O.C14H16NSi.Ir/c1-22-17-26(18-23(2)32(22)25-11-7-6-8-12-25)36-30-14-10-9-13-29(30)35-33(36)28-21-37-31-16-15-24(19-27(28)31)20-34(3,4)5;1-16(2,3)13-9-10-14(15-11-13)12-7-5-4-6-8-12;/h6-19H,20H2,1-5H3;4-7,9-11H,1-3H3;/q2*-1;/i20D2;;. The van der Waals surface area contributed by atoms with E-state index in [-0.39, 0.29) is 20.1 Å². The molecule has 0 amide bonds. The molecule has 0 N–H and O–H groups in total. The number of hydrogen-bond acceptors (Lipinski definition) is 3. The Hall–Kier alpha value is -4.87. The molecule has 3 heterocycles. The van der Waals surface area contributed by atoms with Gasteiger partial charge in [-0.3, -0.25) is 4.98 Å². The topological polar surface area (TPSA) is 43.9 Å². The first-order chi connectivity index (χ1) is 26.1. The van der Waals surface area contributed by atoms with Gasteiger partial charge >= 0.3 is 0 Å². The van der Waals surface area contributed by atoms with Crippen LogP contribution in [0.4, 0.5) is 0 Å². The van der Waals surface area contributed by atoms with Crippen molar-refractivity contribution in [2.45, 2.75) is 60.6 Å². The molecule has 0 atom stereocenters. The quantitative estimate of drug-likeness (QED) is 0.123. The van der Waals surface area contributed by atoms with E-state index in [0.717, 1.165) is 44.8 Å². The van der Waals surface area contributed by atoms with Crippen molar-refractivity contribution < 1.29 is 27.3 Å².